The Labute approximate surface area is 131 Å². The van der Waals surface area contributed by atoms with Gasteiger partial charge < -0.3 is 9.47 Å². The molecule has 0 heterocycles. The molecule has 22 heavy (non-hydrogen) atoms. The topological polar surface area (TPSA) is 78.7 Å². The molecule has 0 aliphatic rings. The Bertz CT molecular complexity index is 717. The van der Waals surface area contributed by atoms with Crippen molar-refractivity contribution < 1.29 is 19.2 Å². The van der Waals surface area contributed by atoms with Crippen molar-refractivity contribution in [2.75, 3.05) is 6.61 Å². The van der Waals surface area contributed by atoms with Crippen LogP contribution >= 0.6 is 11.6 Å². The lowest BCUT2D eigenvalue weighted by Gasteiger charge is -2.08. The Balaban J connectivity index is 2.05. The summed E-state index contributed by atoms with van der Waals surface area (Å²) in [6.07, 6.45) is 0. The number of nitro groups is 1. The second-order valence-corrected chi connectivity index (χ2v) is 4.83. The van der Waals surface area contributed by atoms with Gasteiger partial charge in [0, 0.05) is 6.07 Å². The average molecular weight is 322 g/mol. The van der Waals surface area contributed by atoms with Crippen LogP contribution in [0, 0.1) is 17.0 Å². The van der Waals surface area contributed by atoms with E-state index in [1.807, 2.05) is 0 Å². The first kappa shape index (κ1) is 15.8. The van der Waals surface area contributed by atoms with E-state index in [-0.39, 0.29) is 11.4 Å². The van der Waals surface area contributed by atoms with E-state index in [2.05, 4.69) is 0 Å². The molecule has 0 saturated carbocycles. The molecule has 6 nitrogen and oxygen atoms in total. The molecule has 0 spiro atoms. The smallest absolute Gasteiger partial charge is 0.349 e. The van der Waals surface area contributed by atoms with E-state index in [1.165, 1.54) is 12.1 Å². The van der Waals surface area contributed by atoms with E-state index in [1.54, 1.807) is 37.3 Å². The maximum absolute atomic E-state index is 11.8. The number of ether oxygens (including phenoxy) is 2. The monoisotopic (exact) mass is 321 g/mol. The summed E-state index contributed by atoms with van der Waals surface area (Å²) >= 11 is 5.89. The van der Waals surface area contributed by atoms with Crippen LogP contribution < -0.4 is 9.47 Å². The Morgan fingerprint density at radius 2 is 1.95 bits per heavy atom. The highest BCUT2D eigenvalue weighted by Crippen LogP contribution is 2.28. The number of carbonyl (C=O) groups is 1. The molecule has 0 bridgehead atoms. The Morgan fingerprint density at radius 3 is 2.64 bits per heavy atom. The predicted molar refractivity (Wildman–Crippen MR) is 80.4 cm³/mol. The number of nitrogens with zero attached hydrogens (tertiary/aromatic N) is 1. The Kier molecular flexibility index (Phi) is 4.95. The number of rotatable bonds is 5. The Hall–Kier alpha value is -2.60. The summed E-state index contributed by atoms with van der Waals surface area (Å²) in [5.74, 6) is -0.536. The number of carbonyl (C=O) groups excluding carboxylic acids is 1. The average Bonchev–Trinajstić information content (AvgIpc) is 2.46. The maximum atomic E-state index is 11.8. The van der Waals surface area contributed by atoms with Gasteiger partial charge >= 0.3 is 11.7 Å². The van der Waals surface area contributed by atoms with Crippen molar-refractivity contribution in [1.82, 2.24) is 0 Å². The highest BCUT2D eigenvalue weighted by atomic mass is 35.5. The van der Waals surface area contributed by atoms with Gasteiger partial charge in [-0.1, -0.05) is 29.8 Å². The van der Waals surface area contributed by atoms with Gasteiger partial charge in [-0.2, -0.15) is 0 Å². The number of hydrogen-bond acceptors (Lipinski definition) is 5. The number of hydrogen-bond donors (Lipinski definition) is 0. The summed E-state index contributed by atoms with van der Waals surface area (Å²) in [4.78, 5) is 22.1. The number of aryl methyl sites for hydroxylation is 1. The lowest BCUT2D eigenvalue weighted by Crippen LogP contribution is -2.18. The zero-order chi connectivity index (χ0) is 16.1. The zero-order valence-corrected chi connectivity index (χ0v) is 12.4. The number of para-hydroxylation sites is 1. The van der Waals surface area contributed by atoms with Crippen LogP contribution in [0.2, 0.25) is 5.02 Å². The van der Waals surface area contributed by atoms with E-state index in [4.69, 9.17) is 21.1 Å². The van der Waals surface area contributed by atoms with Gasteiger partial charge in [-0.3, -0.25) is 10.1 Å². The van der Waals surface area contributed by atoms with Crippen molar-refractivity contribution in [3.63, 3.8) is 0 Å². The molecule has 2 rings (SSSR count). The number of nitro benzene ring substituents is 1. The summed E-state index contributed by atoms with van der Waals surface area (Å²) in [6, 6.07) is 10.9. The second kappa shape index (κ2) is 6.91. The minimum Gasteiger partial charge on any atom is -0.480 e. The summed E-state index contributed by atoms with van der Waals surface area (Å²) in [5.41, 5.74) is 0.456. The van der Waals surface area contributed by atoms with Crippen molar-refractivity contribution in [1.29, 1.82) is 0 Å². The molecule has 0 aliphatic carbocycles. The van der Waals surface area contributed by atoms with Crippen LogP contribution in [-0.2, 0) is 4.79 Å². The normalized spacial score (nSPS) is 10.1. The minimum absolute atomic E-state index is 0.113. The molecular weight excluding hydrogens is 310 g/mol. The first-order chi connectivity index (χ1) is 10.5. The van der Waals surface area contributed by atoms with Gasteiger partial charge in [-0.15, -0.1) is 0 Å². The summed E-state index contributed by atoms with van der Waals surface area (Å²) in [6.45, 7) is 1.33. The number of benzene rings is 2. The predicted octanol–water partition coefficient (Wildman–Crippen LogP) is 3.54. The molecule has 0 atom stereocenters. The molecule has 0 N–H and O–H groups in total. The van der Waals surface area contributed by atoms with Gasteiger partial charge in [0.1, 0.15) is 5.75 Å². The lowest BCUT2D eigenvalue weighted by atomic mass is 10.2. The van der Waals surface area contributed by atoms with Crippen LogP contribution in [0.25, 0.3) is 0 Å². The van der Waals surface area contributed by atoms with Crippen LogP contribution in [0.15, 0.2) is 42.5 Å². The standard InChI is InChI=1S/C15H12ClNO5/c1-10-6-7-12(17(19)20)14(8-10)22-15(18)9-21-13-5-3-2-4-11(13)16/h2-8H,9H2,1H3. The third-order valence-electron chi connectivity index (χ3n) is 2.72. The van der Waals surface area contributed by atoms with E-state index < -0.39 is 17.5 Å². The highest BCUT2D eigenvalue weighted by molar-refractivity contribution is 6.32. The largest absolute Gasteiger partial charge is 0.480 e. The van der Waals surface area contributed by atoms with Crippen LogP contribution in [0.5, 0.6) is 11.5 Å². The molecule has 2 aromatic carbocycles. The van der Waals surface area contributed by atoms with Crippen molar-refractivity contribution in [3.8, 4) is 11.5 Å². The molecule has 0 saturated heterocycles. The first-order valence-corrected chi connectivity index (χ1v) is 6.68. The maximum Gasteiger partial charge on any atom is 0.349 e. The van der Waals surface area contributed by atoms with Crippen LogP contribution in [0.4, 0.5) is 5.69 Å². The highest BCUT2D eigenvalue weighted by Gasteiger charge is 2.18. The molecule has 0 fully saturated rings. The van der Waals surface area contributed by atoms with E-state index >= 15 is 0 Å². The van der Waals surface area contributed by atoms with Crippen molar-refractivity contribution >= 4 is 23.3 Å². The third-order valence-corrected chi connectivity index (χ3v) is 3.03. The van der Waals surface area contributed by atoms with Crippen molar-refractivity contribution in [2.24, 2.45) is 0 Å². The van der Waals surface area contributed by atoms with E-state index in [0.29, 0.717) is 10.8 Å². The van der Waals surface area contributed by atoms with Crippen molar-refractivity contribution in [2.45, 2.75) is 6.92 Å². The molecule has 0 unspecified atom stereocenters. The lowest BCUT2D eigenvalue weighted by molar-refractivity contribution is -0.385. The SMILES string of the molecule is Cc1ccc([N+](=O)[O-])c(OC(=O)COc2ccccc2Cl)c1. The molecule has 0 amide bonds. The molecule has 0 aliphatic heterocycles. The fourth-order valence-electron chi connectivity index (χ4n) is 1.70. The van der Waals surface area contributed by atoms with Gasteiger partial charge in [-0.05, 0) is 30.7 Å². The summed E-state index contributed by atoms with van der Waals surface area (Å²) in [7, 11) is 0. The van der Waals surface area contributed by atoms with Crippen LogP contribution in [0.1, 0.15) is 5.56 Å². The second-order valence-electron chi connectivity index (χ2n) is 4.42. The van der Waals surface area contributed by atoms with Crippen molar-refractivity contribution in [3.05, 3.63) is 63.2 Å². The molecular formula is C15H12ClNO5. The molecule has 0 aromatic heterocycles. The van der Waals surface area contributed by atoms with E-state index in [0.717, 1.165) is 5.56 Å². The van der Waals surface area contributed by atoms with Crippen LogP contribution in [0.3, 0.4) is 0 Å². The first-order valence-electron chi connectivity index (χ1n) is 6.30. The van der Waals surface area contributed by atoms with Gasteiger partial charge in [0.25, 0.3) is 0 Å². The molecule has 114 valence electrons. The molecule has 2 aromatic rings. The zero-order valence-electron chi connectivity index (χ0n) is 11.6. The van der Waals surface area contributed by atoms with Gasteiger partial charge in [0.15, 0.2) is 6.61 Å². The van der Waals surface area contributed by atoms with Gasteiger partial charge in [0.05, 0.1) is 9.95 Å². The number of halogens is 1. The number of esters is 1. The third kappa shape index (κ3) is 3.95. The summed E-state index contributed by atoms with van der Waals surface area (Å²) < 4.78 is 10.2. The summed E-state index contributed by atoms with van der Waals surface area (Å²) in [5, 5.41) is 11.3. The fraction of sp³-hybridized carbons (Fsp3) is 0.133. The quantitative estimate of drug-likeness (QED) is 0.364. The fourth-order valence-corrected chi connectivity index (χ4v) is 1.89. The minimum atomic E-state index is -0.756. The Morgan fingerprint density at radius 1 is 1.23 bits per heavy atom. The molecule has 0 radical (unpaired) electrons. The molecule has 7 heteroatoms. The van der Waals surface area contributed by atoms with Gasteiger partial charge in [0.2, 0.25) is 5.75 Å². The van der Waals surface area contributed by atoms with Crippen LogP contribution in [-0.4, -0.2) is 17.5 Å². The van der Waals surface area contributed by atoms with E-state index in [9.17, 15) is 14.9 Å². The van der Waals surface area contributed by atoms with Gasteiger partial charge in [-0.25, -0.2) is 4.79 Å².